The van der Waals surface area contributed by atoms with E-state index in [4.69, 9.17) is 0 Å². The van der Waals surface area contributed by atoms with Crippen molar-refractivity contribution in [3.05, 3.63) is 63.7 Å². The van der Waals surface area contributed by atoms with Crippen LogP contribution in [0.15, 0.2) is 47.4 Å². The van der Waals surface area contributed by atoms with Crippen molar-refractivity contribution in [3.8, 4) is 0 Å². The zero-order valence-corrected chi connectivity index (χ0v) is 18.5. The zero-order chi connectivity index (χ0) is 25.1. The Labute approximate surface area is 187 Å². The molecule has 0 radical (unpaired) electrons. The van der Waals surface area contributed by atoms with Crippen molar-refractivity contribution >= 4 is 33.0 Å². The molecule has 0 saturated heterocycles. The van der Waals surface area contributed by atoms with E-state index < -0.39 is 60.7 Å². The Morgan fingerprint density at radius 3 is 2.09 bits per heavy atom. The number of hydrogen-bond donors (Lipinski definition) is 2. The molecule has 0 unspecified atom stereocenters. The fourth-order valence-electron chi connectivity index (χ4n) is 2.83. The van der Waals surface area contributed by atoms with Crippen molar-refractivity contribution in [1.29, 1.82) is 0 Å². The van der Waals surface area contributed by atoms with Crippen molar-refractivity contribution in [2.24, 2.45) is 5.92 Å². The van der Waals surface area contributed by atoms with E-state index >= 15 is 0 Å². The van der Waals surface area contributed by atoms with Gasteiger partial charge in [-0.3, -0.25) is 19.7 Å². The first-order valence-electron chi connectivity index (χ1n) is 9.38. The summed E-state index contributed by atoms with van der Waals surface area (Å²) in [5, 5.41) is 15.6. The first-order chi connectivity index (χ1) is 15.1. The summed E-state index contributed by atoms with van der Waals surface area (Å²) in [5.41, 5.74) is -1.77. The maximum absolute atomic E-state index is 13.0. The van der Waals surface area contributed by atoms with Crippen LogP contribution in [0.2, 0.25) is 0 Å². The van der Waals surface area contributed by atoms with Gasteiger partial charge in [0.2, 0.25) is 5.91 Å². The number of carbonyl (C=O) groups excluding carboxylic acids is 2. The lowest BCUT2D eigenvalue weighted by Gasteiger charge is -2.22. The fraction of sp³-hybridized carbons (Fsp3) is 0.300. The average Bonchev–Trinajstić information content (AvgIpc) is 2.70. The molecule has 2 aromatic rings. The van der Waals surface area contributed by atoms with E-state index in [1.165, 1.54) is 24.3 Å². The number of nitro benzene ring substituents is 1. The van der Waals surface area contributed by atoms with Crippen LogP contribution < -0.4 is 10.6 Å². The lowest BCUT2D eigenvalue weighted by Crippen LogP contribution is -2.47. The van der Waals surface area contributed by atoms with Crippen molar-refractivity contribution in [1.82, 2.24) is 5.32 Å². The molecule has 0 fully saturated rings. The maximum Gasteiger partial charge on any atom is 0.416 e. The molecule has 9 nitrogen and oxygen atoms in total. The predicted octanol–water partition coefficient (Wildman–Crippen LogP) is 3.41. The van der Waals surface area contributed by atoms with Gasteiger partial charge in [-0.1, -0.05) is 13.8 Å². The number of nitrogens with zero attached hydrogens (tertiary/aromatic N) is 1. The first kappa shape index (κ1) is 25.8. The molecule has 2 N–H and O–H groups in total. The highest BCUT2D eigenvalue weighted by atomic mass is 32.2. The highest BCUT2D eigenvalue weighted by Crippen LogP contribution is 2.32. The van der Waals surface area contributed by atoms with Crippen LogP contribution >= 0.6 is 0 Å². The molecule has 1 atom stereocenters. The van der Waals surface area contributed by atoms with Gasteiger partial charge in [0.15, 0.2) is 9.84 Å². The average molecular weight is 487 g/mol. The molecule has 2 amide bonds. The van der Waals surface area contributed by atoms with Crippen molar-refractivity contribution in [2.75, 3.05) is 11.6 Å². The molecule has 0 bridgehead atoms. The van der Waals surface area contributed by atoms with E-state index in [9.17, 15) is 41.3 Å². The minimum Gasteiger partial charge on any atom is -0.340 e. The monoisotopic (exact) mass is 487 g/mol. The van der Waals surface area contributed by atoms with E-state index in [0.29, 0.717) is 18.4 Å². The smallest absolute Gasteiger partial charge is 0.340 e. The van der Waals surface area contributed by atoms with Crippen LogP contribution in [0.3, 0.4) is 0 Å². The third-order valence-electron chi connectivity index (χ3n) is 4.53. The van der Waals surface area contributed by atoms with Crippen molar-refractivity contribution in [2.45, 2.75) is 31.0 Å². The van der Waals surface area contributed by atoms with Crippen molar-refractivity contribution in [3.63, 3.8) is 0 Å². The highest BCUT2D eigenvalue weighted by Gasteiger charge is 2.34. The topological polar surface area (TPSA) is 135 Å². The molecular formula is C20H20F3N3O6S. The SMILES string of the molecule is CC(C)[C@H](NC(=O)c1ccc(C(F)(F)F)cc1S(C)(=O)=O)C(=O)Nc1ccc([N+](=O)[O-])cc1. The predicted molar refractivity (Wildman–Crippen MR) is 112 cm³/mol. The van der Waals surface area contributed by atoms with E-state index in [1.807, 2.05) is 0 Å². The second-order valence-corrected chi connectivity index (χ2v) is 9.45. The van der Waals surface area contributed by atoms with Crippen LogP contribution in [0.4, 0.5) is 24.5 Å². The normalized spacial score (nSPS) is 12.8. The van der Waals surface area contributed by atoms with Gasteiger partial charge in [0, 0.05) is 24.1 Å². The summed E-state index contributed by atoms with van der Waals surface area (Å²) < 4.78 is 63.1. The van der Waals surface area contributed by atoms with Crippen LogP contribution in [-0.4, -0.2) is 37.5 Å². The summed E-state index contributed by atoms with van der Waals surface area (Å²) in [6.45, 7) is 3.18. The molecule has 0 aliphatic rings. The number of hydrogen-bond acceptors (Lipinski definition) is 6. The van der Waals surface area contributed by atoms with Crippen LogP contribution in [0, 0.1) is 16.0 Å². The van der Waals surface area contributed by atoms with Gasteiger partial charge >= 0.3 is 6.18 Å². The Morgan fingerprint density at radius 1 is 1.06 bits per heavy atom. The summed E-state index contributed by atoms with van der Waals surface area (Å²) in [5.74, 6) is -2.26. The Hall–Kier alpha value is -3.48. The number of non-ortho nitro benzene ring substituents is 1. The number of nitrogens with one attached hydrogen (secondary N) is 2. The lowest BCUT2D eigenvalue weighted by molar-refractivity contribution is -0.384. The van der Waals surface area contributed by atoms with E-state index in [1.54, 1.807) is 13.8 Å². The molecule has 0 spiro atoms. The molecule has 0 saturated carbocycles. The Morgan fingerprint density at radius 2 is 1.64 bits per heavy atom. The number of halogens is 3. The molecule has 178 valence electrons. The van der Waals surface area contributed by atoms with E-state index in [0.717, 1.165) is 6.07 Å². The number of alkyl halides is 3. The van der Waals surface area contributed by atoms with Gasteiger partial charge in [-0.2, -0.15) is 13.2 Å². The third kappa shape index (κ3) is 6.51. The number of carbonyl (C=O) groups is 2. The second-order valence-electron chi connectivity index (χ2n) is 7.47. The zero-order valence-electron chi connectivity index (χ0n) is 17.6. The summed E-state index contributed by atoms with van der Waals surface area (Å²) in [4.78, 5) is 34.7. The number of benzene rings is 2. The van der Waals surface area contributed by atoms with E-state index in [-0.39, 0.29) is 11.4 Å². The van der Waals surface area contributed by atoms with Gasteiger partial charge in [0.1, 0.15) is 6.04 Å². The van der Waals surface area contributed by atoms with Crippen LogP contribution in [0.25, 0.3) is 0 Å². The Bertz CT molecular complexity index is 1180. The number of amides is 2. The number of rotatable bonds is 7. The van der Waals surface area contributed by atoms with Crippen LogP contribution in [-0.2, 0) is 20.8 Å². The summed E-state index contributed by atoms with van der Waals surface area (Å²) in [6.07, 6.45) is -4.15. The van der Waals surface area contributed by atoms with Gasteiger partial charge in [0.25, 0.3) is 11.6 Å². The Balaban J connectivity index is 2.31. The van der Waals surface area contributed by atoms with Gasteiger partial charge < -0.3 is 10.6 Å². The third-order valence-corrected chi connectivity index (χ3v) is 5.67. The van der Waals surface area contributed by atoms with Gasteiger partial charge in [0.05, 0.1) is 20.9 Å². The molecular weight excluding hydrogens is 467 g/mol. The standard InChI is InChI=1S/C20H20F3N3O6S/c1-11(2)17(19(28)24-13-5-7-14(8-6-13)26(29)30)25-18(27)15-9-4-12(20(21,22)23)10-16(15)33(3,31)32/h4-11,17H,1-3H3,(H,24,28)(H,25,27)/t17-/m0/s1. The second kappa shape index (κ2) is 9.57. The Kier molecular flexibility index (Phi) is 7.47. The first-order valence-corrected chi connectivity index (χ1v) is 11.3. The number of anilines is 1. The minimum absolute atomic E-state index is 0.197. The fourth-order valence-corrected chi connectivity index (χ4v) is 3.73. The number of nitro groups is 1. The molecule has 0 heterocycles. The summed E-state index contributed by atoms with van der Waals surface area (Å²) >= 11 is 0. The van der Waals surface area contributed by atoms with Crippen LogP contribution in [0.1, 0.15) is 29.8 Å². The summed E-state index contributed by atoms with van der Waals surface area (Å²) in [7, 11) is -4.21. The molecule has 0 aliphatic heterocycles. The number of sulfone groups is 1. The molecule has 0 aromatic heterocycles. The van der Waals surface area contributed by atoms with Gasteiger partial charge in [-0.25, -0.2) is 8.42 Å². The van der Waals surface area contributed by atoms with Crippen molar-refractivity contribution < 1.29 is 36.1 Å². The summed E-state index contributed by atoms with van der Waals surface area (Å²) in [6, 6.07) is 5.39. The quantitative estimate of drug-likeness (QED) is 0.454. The molecule has 13 heteroatoms. The molecule has 2 aromatic carbocycles. The van der Waals surface area contributed by atoms with Gasteiger partial charge in [-0.15, -0.1) is 0 Å². The molecule has 0 aliphatic carbocycles. The van der Waals surface area contributed by atoms with Crippen LogP contribution in [0.5, 0.6) is 0 Å². The van der Waals surface area contributed by atoms with E-state index in [2.05, 4.69) is 10.6 Å². The lowest BCUT2D eigenvalue weighted by atomic mass is 10.0. The highest BCUT2D eigenvalue weighted by molar-refractivity contribution is 7.90. The maximum atomic E-state index is 13.0. The minimum atomic E-state index is -4.82. The molecule has 33 heavy (non-hydrogen) atoms. The molecule has 2 rings (SSSR count). The largest absolute Gasteiger partial charge is 0.416 e. The van der Waals surface area contributed by atoms with Gasteiger partial charge in [-0.05, 0) is 36.2 Å².